The Bertz CT molecular complexity index is 602. The zero-order valence-electron chi connectivity index (χ0n) is 8.80. The molecule has 4 nitrogen and oxygen atoms in total. The van der Waals surface area contributed by atoms with E-state index in [0.29, 0.717) is 11.9 Å². The van der Waals surface area contributed by atoms with Crippen LogP contribution in [0.4, 0.5) is 5.69 Å². The van der Waals surface area contributed by atoms with E-state index in [9.17, 15) is 10.1 Å². The highest BCUT2D eigenvalue weighted by Gasteiger charge is 2.12. The minimum atomic E-state index is -0.363. The number of rotatable bonds is 2. The molecule has 2 aromatic rings. The van der Waals surface area contributed by atoms with Crippen LogP contribution in [0.1, 0.15) is 6.92 Å². The van der Waals surface area contributed by atoms with E-state index in [2.05, 4.69) is 11.8 Å². The van der Waals surface area contributed by atoms with Crippen molar-refractivity contribution >= 4 is 16.6 Å². The van der Waals surface area contributed by atoms with Gasteiger partial charge in [-0.1, -0.05) is 12.0 Å². The van der Waals surface area contributed by atoms with Crippen molar-refractivity contribution in [3.05, 3.63) is 40.6 Å². The molecule has 0 saturated heterocycles. The fraction of sp³-hybridized carbons (Fsp3) is 0.167. The monoisotopic (exact) mass is 214 g/mol. The minimum absolute atomic E-state index is 0.140. The second-order valence-corrected chi connectivity index (χ2v) is 3.34. The van der Waals surface area contributed by atoms with Crippen molar-refractivity contribution in [2.24, 2.45) is 0 Å². The van der Waals surface area contributed by atoms with Crippen LogP contribution in [0.3, 0.4) is 0 Å². The van der Waals surface area contributed by atoms with E-state index in [1.54, 1.807) is 19.1 Å². The van der Waals surface area contributed by atoms with Crippen molar-refractivity contribution in [3.63, 3.8) is 0 Å². The molecule has 0 bridgehead atoms. The standard InChI is InChI=1S/C12H10N2O2/c1-2-3-8-13-9-7-10-11(13)5-4-6-12(10)14(15)16/h4-7,9H,8H2,1H3. The summed E-state index contributed by atoms with van der Waals surface area (Å²) in [5.41, 5.74) is 0.984. The highest BCUT2D eigenvalue weighted by Crippen LogP contribution is 2.25. The molecule has 1 aromatic heterocycles. The first-order valence-corrected chi connectivity index (χ1v) is 4.86. The van der Waals surface area contributed by atoms with Gasteiger partial charge in [-0.05, 0) is 19.1 Å². The average molecular weight is 214 g/mol. The molecule has 0 aliphatic heterocycles. The van der Waals surface area contributed by atoms with Crippen molar-refractivity contribution < 1.29 is 4.92 Å². The number of nitro benzene ring substituents is 1. The van der Waals surface area contributed by atoms with Crippen molar-refractivity contribution in [2.45, 2.75) is 13.5 Å². The Kier molecular flexibility index (Phi) is 2.61. The molecule has 0 spiro atoms. The van der Waals surface area contributed by atoms with Gasteiger partial charge in [-0.3, -0.25) is 10.1 Å². The van der Waals surface area contributed by atoms with Gasteiger partial charge in [0.15, 0.2) is 0 Å². The molecule has 0 amide bonds. The Morgan fingerprint density at radius 3 is 2.94 bits per heavy atom. The molecule has 0 aliphatic rings. The Labute approximate surface area is 92.6 Å². The predicted molar refractivity (Wildman–Crippen MR) is 62.0 cm³/mol. The molecule has 0 N–H and O–H groups in total. The summed E-state index contributed by atoms with van der Waals surface area (Å²) >= 11 is 0. The third kappa shape index (κ3) is 1.63. The van der Waals surface area contributed by atoms with E-state index < -0.39 is 0 Å². The maximum absolute atomic E-state index is 10.8. The zero-order chi connectivity index (χ0) is 11.5. The first-order chi connectivity index (χ1) is 7.74. The molecule has 1 aromatic carbocycles. The van der Waals surface area contributed by atoms with Crippen LogP contribution in [-0.4, -0.2) is 9.49 Å². The Hall–Kier alpha value is -2.28. The molecule has 0 unspecified atom stereocenters. The summed E-state index contributed by atoms with van der Waals surface area (Å²) < 4.78 is 1.90. The quantitative estimate of drug-likeness (QED) is 0.438. The van der Waals surface area contributed by atoms with E-state index in [4.69, 9.17) is 0 Å². The minimum Gasteiger partial charge on any atom is -0.336 e. The van der Waals surface area contributed by atoms with E-state index in [1.807, 2.05) is 16.8 Å². The summed E-state index contributed by atoms with van der Waals surface area (Å²) in [5.74, 6) is 5.74. The van der Waals surface area contributed by atoms with Crippen LogP contribution >= 0.6 is 0 Å². The summed E-state index contributed by atoms with van der Waals surface area (Å²) in [6, 6.07) is 6.82. The third-order valence-electron chi connectivity index (χ3n) is 2.41. The number of hydrogen-bond donors (Lipinski definition) is 0. The van der Waals surface area contributed by atoms with Crippen LogP contribution < -0.4 is 0 Å². The lowest BCUT2D eigenvalue weighted by Gasteiger charge is -1.99. The van der Waals surface area contributed by atoms with Gasteiger partial charge in [-0.25, -0.2) is 0 Å². The number of non-ortho nitro benzene ring substituents is 1. The van der Waals surface area contributed by atoms with Crippen LogP contribution in [0.25, 0.3) is 10.9 Å². The maximum atomic E-state index is 10.8. The molecule has 4 heteroatoms. The highest BCUT2D eigenvalue weighted by molar-refractivity contribution is 5.89. The van der Waals surface area contributed by atoms with E-state index >= 15 is 0 Å². The number of fused-ring (bicyclic) bond motifs is 1. The fourth-order valence-corrected chi connectivity index (χ4v) is 1.67. The van der Waals surface area contributed by atoms with Crippen LogP contribution in [0.2, 0.25) is 0 Å². The largest absolute Gasteiger partial charge is 0.336 e. The second kappa shape index (κ2) is 4.07. The van der Waals surface area contributed by atoms with Gasteiger partial charge in [0.2, 0.25) is 0 Å². The highest BCUT2D eigenvalue weighted by atomic mass is 16.6. The molecular formula is C12H10N2O2. The summed E-state index contributed by atoms with van der Waals surface area (Å²) in [4.78, 5) is 10.4. The maximum Gasteiger partial charge on any atom is 0.278 e. The lowest BCUT2D eigenvalue weighted by atomic mass is 10.2. The third-order valence-corrected chi connectivity index (χ3v) is 2.41. The topological polar surface area (TPSA) is 48.1 Å². The van der Waals surface area contributed by atoms with Crippen LogP contribution in [0, 0.1) is 22.0 Å². The Balaban J connectivity index is 2.59. The summed E-state index contributed by atoms with van der Waals surface area (Å²) in [6.45, 7) is 2.33. The lowest BCUT2D eigenvalue weighted by Crippen LogP contribution is -1.93. The van der Waals surface area contributed by atoms with Gasteiger partial charge in [-0.2, -0.15) is 0 Å². The molecule has 80 valence electrons. The molecule has 0 fully saturated rings. The van der Waals surface area contributed by atoms with Gasteiger partial charge in [0.05, 0.1) is 22.4 Å². The number of nitro groups is 1. The zero-order valence-corrected chi connectivity index (χ0v) is 8.80. The Morgan fingerprint density at radius 1 is 1.44 bits per heavy atom. The first kappa shape index (κ1) is 10.2. The smallest absolute Gasteiger partial charge is 0.278 e. The van der Waals surface area contributed by atoms with Gasteiger partial charge in [0, 0.05) is 12.3 Å². The van der Waals surface area contributed by atoms with Crippen molar-refractivity contribution in [1.29, 1.82) is 0 Å². The number of hydrogen-bond acceptors (Lipinski definition) is 2. The molecule has 1 heterocycles. The molecule has 0 radical (unpaired) electrons. The summed E-state index contributed by atoms with van der Waals surface area (Å²) in [6.07, 6.45) is 1.82. The molecule has 0 atom stereocenters. The van der Waals surface area contributed by atoms with Crippen LogP contribution in [0.5, 0.6) is 0 Å². The number of aromatic nitrogens is 1. The van der Waals surface area contributed by atoms with Crippen molar-refractivity contribution in [2.75, 3.05) is 0 Å². The van der Waals surface area contributed by atoms with Crippen molar-refractivity contribution in [1.82, 2.24) is 4.57 Å². The molecular weight excluding hydrogens is 204 g/mol. The predicted octanol–water partition coefficient (Wildman–Crippen LogP) is 2.57. The van der Waals surface area contributed by atoms with E-state index in [0.717, 1.165) is 5.52 Å². The van der Waals surface area contributed by atoms with Gasteiger partial charge in [0.1, 0.15) is 0 Å². The molecule has 2 rings (SSSR count). The average Bonchev–Trinajstić information content (AvgIpc) is 2.69. The molecule has 0 aliphatic carbocycles. The van der Waals surface area contributed by atoms with Gasteiger partial charge in [0.25, 0.3) is 5.69 Å². The van der Waals surface area contributed by atoms with Gasteiger partial charge in [-0.15, -0.1) is 5.92 Å². The fourth-order valence-electron chi connectivity index (χ4n) is 1.67. The molecule has 0 saturated carbocycles. The number of benzene rings is 1. The summed E-state index contributed by atoms with van der Waals surface area (Å²) in [7, 11) is 0. The van der Waals surface area contributed by atoms with Crippen LogP contribution in [-0.2, 0) is 6.54 Å². The van der Waals surface area contributed by atoms with Gasteiger partial charge < -0.3 is 4.57 Å². The van der Waals surface area contributed by atoms with Crippen LogP contribution in [0.15, 0.2) is 30.5 Å². The van der Waals surface area contributed by atoms with E-state index in [-0.39, 0.29) is 10.6 Å². The lowest BCUT2D eigenvalue weighted by molar-refractivity contribution is -0.383. The normalized spacial score (nSPS) is 9.81. The molecule has 16 heavy (non-hydrogen) atoms. The first-order valence-electron chi connectivity index (χ1n) is 4.86. The SMILES string of the molecule is CC#CCn1ccc2c([N+](=O)[O-])cccc21. The van der Waals surface area contributed by atoms with Crippen molar-refractivity contribution in [3.8, 4) is 11.8 Å². The Morgan fingerprint density at radius 2 is 2.25 bits per heavy atom. The number of nitrogens with zero attached hydrogens (tertiary/aromatic N) is 2. The van der Waals surface area contributed by atoms with Gasteiger partial charge >= 0.3 is 0 Å². The van der Waals surface area contributed by atoms with E-state index in [1.165, 1.54) is 6.07 Å². The summed E-state index contributed by atoms with van der Waals surface area (Å²) in [5, 5.41) is 11.5. The second-order valence-electron chi connectivity index (χ2n) is 3.34.